The van der Waals surface area contributed by atoms with E-state index in [2.05, 4.69) is 11.3 Å². The Morgan fingerprint density at radius 2 is 2.00 bits per heavy atom. The molecule has 0 aliphatic heterocycles. The van der Waals surface area contributed by atoms with Gasteiger partial charge in [-0.3, -0.25) is 0 Å². The summed E-state index contributed by atoms with van der Waals surface area (Å²) in [5.41, 5.74) is 0.369. The largest absolute Gasteiger partial charge is 0.386 e. The standard InChI is InChI=1S/C10H12O3/c1-4-6-7-8(3)10(12)13-9(11)5-2/h4-7H,2H2,1,3H3. The summed E-state index contributed by atoms with van der Waals surface area (Å²) in [6, 6.07) is 0. The molecule has 0 N–H and O–H groups in total. The Balaban J connectivity index is 4.26. The van der Waals surface area contributed by atoms with Gasteiger partial charge in [0.05, 0.1) is 0 Å². The van der Waals surface area contributed by atoms with Crippen molar-refractivity contribution in [3.05, 3.63) is 36.5 Å². The highest BCUT2D eigenvalue weighted by Gasteiger charge is 2.07. The number of carbonyl (C=O) groups excluding carboxylic acids is 2. The highest BCUT2D eigenvalue weighted by Crippen LogP contribution is 1.97. The fourth-order valence-electron chi connectivity index (χ4n) is 0.522. The van der Waals surface area contributed by atoms with E-state index in [9.17, 15) is 9.59 Å². The van der Waals surface area contributed by atoms with Gasteiger partial charge in [0.2, 0.25) is 0 Å². The Labute approximate surface area is 77.4 Å². The molecule has 0 saturated carbocycles. The maximum Gasteiger partial charge on any atom is 0.341 e. The number of hydrogen-bond acceptors (Lipinski definition) is 3. The minimum Gasteiger partial charge on any atom is -0.386 e. The van der Waals surface area contributed by atoms with E-state index in [-0.39, 0.29) is 0 Å². The summed E-state index contributed by atoms with van der Waals surface area (Å²) >= 11 is 0. The van der Waals surface area contributed by atoms with E-state index in [0.29, 0.717) is 5.57 Å². The smallest absolute Gasteiger partial charge is 0.341 e. The molecule has 0 aliphatic carbocycles. The fourth-order valence-corrected chi connectivity index (χ4v) is 0.522. The summed E-state index contributed by atoms with van der Waals surface area (Å²) in [5, 5.41) is 0. The average molecular weight is 180 g/mol. The quantitative estimate of drug-likeness (QED) is 0.288. The molecule has 0 atom stereocenters. The lowest BCUT2D eigenvalue weighted by molar-refractivity contribution is -0.153. The Kier molecular flexibility index (Phi) is 5.19. The topological polar surface area (TPSA) is 43.4 Å². The normalized spacial score (nSPS) is 11.4. The molecule has 70 valence electrons. The summed E-state index contributed by atoms with van der Waals surface area (Å²) in [6.45, 7) is 6.57. The summed E-state index contributed by atoms with van der Waals surface area (Å²) in [5.74, 6) is -1.39. The van der Waals surface area contributed by atoms with Crippen LogP contribution in [0.4, 0.5) is 0 Å². The Morgan fingerprint density at radius 1 is 1.38 bits per heavy atom. The van der Waals surface area contributed by atoms with Gasteiger partial charge < -0.3 is 4.74 Å². The molecule has 0 fully saturated rings. The van der Waals surface area contributed by atoms with Gasteiger partial charge in [0.25, 0.3) is 0 Å². The molecular weight excluding hydrogens is 168 g/mol. The Bertz CT molecular complexity index is 272. The van der Waals surface area contributed by atoms with Crippen molar-refractivity contribution in [1.29, 1.82) is 0 Å². The number of carbonyl (C=O) groups is 2. The first kappa shape index (κ1) is 11.4. The monoisotopic (exact) mass is 180 g/mol. The Morgan fingerprint density at radius 3 is 2.46 bits per heavy atom. The third kappa shape index (κ3) is 4.74. The van der Waals surface area contributed by atoms with E-state index in [1.54, 1.807) is 25.2 Å². The van der Waals surface area contributed by atoms with E-state index < -0.39 is 11.9 Å². The van der Waals surface area contributed by atoms with Crippen LogP contribution in [-0.2, 0) is 14.3 Å². The number of esters is 2. The predicted octanol–water partition coefficient (Wildman–Crippen LogP) is 1.76. The zero-order valence-corrected chi connectivity index (χ0v) is 7.74. The van der Waals surface area contributed by atoms with Gasteiger partial charge in [-0.15, -0.1) is 0 Å². The van der Waals surface area contributed by atoms with Gasteiger partial charge in [-0.2, -0.15) is 0 Å². The van der Waals surface area contributed by atoms with E-state index in [0.717, 1.165) is 6.08 Å². The molecule has 0 unspecified atom stereocenters. The maximum absolute atomic E-state index is 11.0. The van der Waals surface area contributed by atoms with Crippen LogP contribution < -0.4 is 0 Å². The molecule has 0 aliphatic rings. The molecular formula is C10H12O3. The van der Waals surface area contributed by atoms with Crippen molar-refractivity contribution in [3.63, 3.8) is 0 Å². The van der Waals surface area contributed by atoms with E-state index in [4.69, 9.17) is 0 Å². The molecule has 0 radical (unpaired) electrons. The first-order valence-corrected chi connectivity index (χ1v) is 3.80. The van der Waals surface area contributed by atoms with E-state index in [1.807, 2.05) is 6.92 Å². The number of hydrogen-bond donors (Lipinski definition) is 0. The predicted molar refractivity (Wildman–Crippen MR) is 49.9 cm³/mol. The lowest BCUT2D eigenvalue weighted by atomic mass is 10.3. The number of rotatable bonds is 3. The van der Waals surface area contributed by atoms with E-state index >= 15 is 0 Å². The van der Waals surface area contributed by atoms with Crippen molar-refractivity contribution >= 4 is 11.9 Å². The third-order valence-electron chi connectivity index (χ3n) is 1.22. The molecule has 0 amide bonds. The van der Waals surface area contributed by atoms with Crippen LogP contribution >= 0.6 is 0 Å². The van der Waals surface area contributed by atoms with Crippen LogP contribution in [0.25, 0.3) is 0 Å². The second-order valence-electron chi connectivity index (χ2n) is 2.29. The van der Waals surface area contributed by atoms with Gasteiger partial charge in [-0.05, 0) is 13.8 Å². The zero-order chi connectivity index (χ0) is 10.3. The molecule has 3 heteroatoms. The number of ether oxygens (including phenoxy) is 1. The van der Waals surface area contributed by atoms with Crippen LogP contribution in [0.3, 0.4) is 0 Å². The summed E-state index contributed by atoms with van der Waals surface area (Å²) in [4.78, 5) is 21.6. The van der Waals surface area contributed by atoms with Crippen LogP contribution in [-0.4, -0.2) is 11.9 Å². The van der Waals surface area contributed by atoms with Crippen molar-refractivity contribution in [2.75, 3.05) is 0 Å². The molecule has 13 heavy (non-hydrogen) atoms. The molecule has 0 spiro atoms. The van der Waals surface area contributed by atoms with Crippen molar-refractivity contribution in [2.45, 2.75) is 13.8 Å². The van der Waals surface area contributed by atoms with Gasteiger partial charge in [-0.25, -0.2) is 9.59 Å². The lowest BCUT2D eigenvalue weighted by Crippen LogP contribution is -2.10. The lowest BCUT2D eigenvalue weighted by Gasteiger charge is -1.97. The molecule has 0 saturated heterocycles. The molecule has 0 heterocycles. The van der Waals surface area contributed by atoms with Crippen LogP contribution in [0, 0.1) is 0 Å². The first-order valence-electron chi connectivity index (χ1n) is 3.80. The van der Waals surface area contributed by atoms with Crippen LogP contribution in [0.15, 0.2) is 36.5 Å². The molecule has 0 bridgehead atoms. The van der Waals surface area contributed by atoms with Gasteiger partial charge in [0.1, 0.15) is 0 Å². The molecule has 3 nitrogen and oxygen atoms in total. The van der Waals surface area contributed by atoms with Gasteiger partial charge >= 0.3 is 11.9 Å². The van der Waals surface area contributed by atoms with E-state index in [1.165, 1.54) is 0 Å². The first-order chi connectivity index (χ1) is 6.11. The van der Waals surface area contributed by atoms with Crippen LogP contribution in [0.5, 0.6) is 0 Å². The van der Waals surface area contributed by atoms with Crippen molar-refractivity contribution in [1.82, 2.24) is 0 Å². The van der Waals surface area contributed by atoms with Crippen LogP contribution in [0.2, 0.25) is 0 Å². The third-order valence-corrected chi connectivity index (χ3v) is 1.22. The number of allylic oxidation sites excluding steroid dienone is 3. The second kappa shape index (κ2) is 5.94. The highest BCUT2D eigenvalue weighted by atomic mass is 16.6. The van der Waals surface area contributed by atoms with Crippen molar-refractivity contribution in [2.24, 2.45) is 0 Å². The molecule has 0 aromatic carbocycles. The minimum absolute atomic E-state index is 0.369. The fraction of sp³-hybridized carbons (Fsp3) is 0.200. The van der Waals surface area contributed by atoms with Crippen molar-refractivity contribution < 1.29 is 14.3 Å². The Hall–Kier alpha value is -1.64. The molecule has 0 aromatic rings. The summed E-state index contributed by atoms with van der Waals surface area (Å²) in [7, 11) is 0. The SMILES string of the molecule is C=CC(=O)OC(=O)C(C)=CC=CC. The summed E-state index contributed by atoms with van der Waals surface area (Å²) in [6.07, 6.45) is 5.97. The second-order valence-corrected chi connectivity index (χ2v) is 2.29. The van der Waals surface area contributed by atoms with Crippen molar-refractivity contribution in [3.8, 4) is 0 Å². The minimum atomic E-state index is -0.738. The van der Waals surface area contributed by atoms with Gasteiger partial charge in [0, 0.05) is 11.6 Å². The summed E-state index contributed by atoms with van der Waals surface area (Å²) < 4.78 is 4.36. The van der Waals surface area contributed by atoms with Gasteiger partial charge in [-0.1, -0.05) is 24.8 Å². The average Bonchev–Trinajstić information content (AvgIpc) is 2.13. The van der Waals surface area contributed by atoms with Crippen LogP contribution in [0.1, 0.15) is 13.8 Å². The zero-order valence-electron chi connectivity index (χ0n) is 7.74. The maximum atomic E-state index is 11.0. The molecule has 0 aromatic heterocycles. The molecule has 0 rings (SSSR count). The van der Waals surface area contributed by atoms with Gasteiger partial charge in [0.15, 0.2) is 0 Å². The highest BCUT2D eigenvalue weighted by molar-refractivity contribution is 5.99.